The molecule has 0 bridgehead atoms. The molecule has 1 N–H and O–H groups in total. The van der Waals surface area contributed by atoms with E-state index in [2.05, 4.69) is 10.3 Å². The maximum absolute atomic E-state index is 13.0. The summed E-state index contributed by atoms with van der Waals surface area (Å²) < 4.78 is 1.95. The fraction of sp³-hybridized carbons (Fsp3) is 0.0909. The van der Waals surface area contributed by atoms with Crippen molar-refractivity contribution in [3.63, 3.8) is 0 Å². The van der Waals surface area contributed by atoms with E-state index >= 15 is 0 Å². The van der Waals surface area contributed by atoms with Crippen LogP contribution in [0.4, 0.5) is 10.5 Å². The molecule has 4 rings (SSSR count). The predicted octanol–water partition coefficient (Wildman–Crippen LogP) is 3.81. The summed E-state index contributed by atoms with van der Waals surface area (Å²) in [4.78, 5) is 42.5. The van der Waals surface area contributed by atoms with Gasteiger partial charge in [0.1, 0.15) is 5.57 Å². The van der Waals surface area contributed by atoms with Gasteiger partial charge in [-0.3, -0.25) is 19.9 Å². The monoisotopic (exact) mass is 420 g/mol. The van der Waals surface area contributed by atoms with Gasteiger partial charge in [0, 0.05) is 23.8 Å². The molecule has 0 saturated carbocycles. The number of nitrogens with zero attached hydrogens (tertiary/aromatic N) is 3. The van der Waals surface area contributed by atoms with E-state index in [9.17, 15) is 14.4 Å². The van der Waals surface area contributed by atoms with Crippen LogP contribution in [-0.4, -0.2) is 27.4 Å². The van der Waals surface area contributed by atoms with Crippen LogP contribution in [0.3, 0.4) is 0 Å². The van der Waals surface area contributed by atoms with Crippen molar-refractivity contribution < 1.29 is 14.4 Å². The molecule has 30 heavy (non-hydrogen) atoms. The van der Waals surface area contributed by atoms with Crippen molar-refractivity contribution in [1.82, 2.24) is 14.9 Å². The zero-order valence-corrected chi connectivity index (χ0v) is 17.0. The van der Waals surface area contributed by atoms with Crippen LogP contribution in [0.5, 0.6) is 0 Å². The third-order valence-corrected chi connectivity index (χ3v) is 5.21. The highest BCUT2D eigenvalue weighted by Gasteiger charge is 2.37. The van der Waals surface area contributed by atoms with Crippen LogP contribution in [0.15, 0.2) is 60.4 Å². The second-order valence-corrected chi connectivity index (χ2v) is 7.18. The first-order chi connectivity index (χ1) is 14.4. The molecular formula is C22H17ClN4O3. The van der Waals surface area contributed by atoms with Gasteiger partial charge in [-0.15, -0.1) is 0 Å². The largest absolute Gasteiger partial charge is 0.335 e. The van der Waals surface area contributed by atoms with Gasteiger partial charge in [-0.2, -0.15) is 0 Å². The lowest BCUT2D eigenvalue weighted by Crippen LogP contribution is -2.54. The van der Waals surface area contributed by atoms with Crippen molar-refractivity contribution >= 4 is 41.2 Å². The van der Waals surface area contributed by atoms with Gasteiger partial charge in [0.05, 0.1) is 16.4 Å². The first kappa shape index (κ1) is 19.6. The molecule has 0 unspecified atom stereocenters. The van der Waals surface area contributed by atoms with Crippen LogP contribution in [0.25, 0.3) is 11.8 Å². The number of anilines is 1. The second-order valence-electron chi connectivity index (χ2n) is 6.78. The molecule has 2 aromatic heterocycles. The van der Waals surface area contributed by atoms with E-state index in [4.69, 9.17) is 11.6 Å². The SMILES string of the molecule is Cc1cc(/C=C2\C(=O)NC(=O)N(c3ccncc3)C2=O)c(C)n1-c1ccccc1Cl. The minimum Gasteiger partial charge on any atom is -0.316 e. The van der Waals surface area contributed by atoms with Crippen molar-refractivity contribution in [3.8, 4) is 5.69 Å². The molecule has 7 nitrogen and oxygen atoms in total. The molecule has 0 spiro atoms. The summed E-state index contributed by atoms with van der Waals surface area (Å²) in [5.41, 5.74) is 3.36. The minimum absolute atomic E-state index is 0.133. The van der Waals surface area contributed by atoms with E-state index in [0.29, 0.717) is 16.3 Å². The Morgan fingerprint density at radius 2 is 1.73 bits per heavy atom. The number of pyridine rings is 1. The van der Waals surface area contributed by atoms with Gasteiger partial charge in [0.2, 0.25) is 0 Å². The highest BCUT2D eigenvalue weighted by Crippen LogP contribution is 2.28. The van der Waals surface area contributed by atoms with Gasteiger partial charge in [-0.05, 0) is 55.8 Å². The molecule has 150 valence electrons. The first-order valence-electron chi connectivity index (χ1n) is 9.14. The summed E-state index contributed by atoms with van der Waals surface area (Å²) in [5.74, 6) is -1.43. The lowest BCUT2D eigenvalue weighted by atomic mass is 10.1. The van der Waals surface area contributed by atoms with E-state index in [0.717, 1.165) is 22.0 Å². The van der Waals surface area contributed by atoms with Crippen LogP contribution < -0.4 is 10.2 Å². The van der Waals surface area contributed by atoms with Gasteiger partial charge in [-0.25, -0.2) is 9.69 Å². The van der Waals surface area contributed by atoms with E-state index in [-0.39, 0.29) is 5.57 Å². The first-order valence-corrected chi connectivity index (χ1v) is 9.51. The number of imide groups is 2. The molecule has 1 aliphatic rings. The molecule has 0 aliphatic carbocycles. The number of hydrogen-bond acceptors (Lipinski definition) is 4. The van der Waals surface area contributed by atoms with Crippen molar-refractivity contribution in [1.29, 1.82) is 0 Å². The fourth-order valence-electron chi connectivity index (χ4n) is 3.48. The molecule has 1 fully saturated rings. The molecule has 1 saturated heterocycles. The molecule has 1 aliphatic heterocycles. The molecule has 3 aromatic rings. The van der Waals surface area contributed by atoms with Crippen molar-refractivity contribution in [3.05, 3.63) is 82.4 Å². The van der Waals surface area contributed by atoms with E-state index < -0.39 is 17.8 Å². The number of carbonyl (C=O) groups is 3. The maximum Gasteiger partial charge on any atom is 0.335 e. The smallest absolute Gasteiger partial charge is 0.316 e. The van der Waals surface area contributed by atoms with Crippen molar-refractivity contribution in [2.45, 2.75) is 13.8 Å². The molecule has 4 amide bonds. The zero-order valence-electron chi connectivity index (χ0n) is 16.2. The third-order valence-electron chi connectivity index (χ3n) is 4.89. The van der Waals surface area contributed by atoms with Gasteiger partial charge < -0.3 is 4.57 Å². The summed E-state index contributed by atoms with van der Waals surface area (Å²) in [6, 6.07) is 11.5. The van der Waals surface area contributed by atoms with Crippen LogP contribution in [-0.2, 0) is 9.59 Å². The number of carbonyl (C=O) groups excluding carboxylic acids is 3. The average Bonchev–Trinajstić information content (AvgIpc) is 2.99. The number of para-hydroxylation sites is 1. The Morgan fingerprint density at radius 3 is 2.43 bits per heavy atom. The highest BCUT2D eigenvalue weighted by molar-refractivity contribution is 6.39. The van der Waals surface area contributed by atoms with E-state index in [1.165, 1.54) is 30.6 Å². The summed E-state index contributed by atoms with van der Waals surface area (Å²) in [7, 11) is 0. The summed E-state index contributed by atoms with van der Waals surface area (Å²) in [6.07, 6.45) is 4.42. The maximum atomic E-state index is 13.0. The topological polar surface area (TPSA) is 84.3 Å². The van der Waals surface area contributed by atoms with Gasteiger partial charge in [0.25, 0.3) is 11.8 Å². The van der Waals surface area contributed by atoms with Crippen LogP contribution >= 0.6 is 11.6 Å². The van der Waals surface area contributed by atoms with E-state index in [1.807, 2.05) is 42.7 Å². The summed E-state index contributed by atoms with van der Waals surface area (Å²) >= 11 is 6.35. The lowest BCUT2D eigenvalue weighted by molar-refractivity contribution is -0.122. The summed E-state index contributed by atoms with van der Waals surface area (Å²) in [6.45, 7) is 3.79. The summed E-state index contributed by atoms with van der Waals surface area (Å²) in [5, 5.41) is 2.80. The highest BCUT2D eigenvalue weighted by atomic mass is 35.5. The second kappa shape index (κ2) is 7.61. The lowest BCUT2D eigenvalue weighted by Gasteiger charge is -2.26. The Balaban J connectivity index is 1.79. The van der Waals surface area contributed by atoms with Crippen LogP contribution in [0.1, 0.15) is 17.0 Å². The van der Waals surface area contributed by atoms with Crippen LogP contribution in [0.2, 0.25) is 5.02 Å². The predicted molar refractivity (Wildman–Crippen MR) is 113 cm³/mol. The molecule has 1 aromatic carbocycles. The molecule has 0 atom stereocenters. The number of aromatic nitrogens is 2. The zero-order chi connectivity index (χ0) is 21.4. The number of barbiturate groups is 1. The quantitative estimate of drug-likeness (QED) is 0.515. The van der Waals surface area contributed by atoms with Crippen molar-refractivity contribution in [2.24, 2.45) is 0 Å². The van der Waals surface area contributed by atoms with Crippen LogP contribution in [0, 0.1) is 13.8 Å². The number of aryl methyl sites for hydroxylation is 1. The normalized spacial score (nSPS) is 15.6. The number of halogens is 1. The Labute approximate surface area is 177 Å². The Bertz CT molecular complexity index is 1210. The van der Waals surface area contributed by atoms with Gasteiger partial charge >= 0.3 is 6.03 Å². The minimum atomic E-state index is -0.796. The van der Waals surface area contributed by atoms with Gasteiger partial charge in [0.15, 0.2) is 0 Å². The van der Waals surface area contributed by atoms with Crippen molar-refractivity contribution in [2.75, 3.05) is 4.90 Å². The number of nitrogens with one attached hydrogen (secondary N) is 1. The van der Waals surface area contributed by atoms with Gasteiger partial charge in [-0.1, -0.05) is 23.7 Å². The van der Waals surface area contributed by atoms with E-state index in [1.54, 1.807) is 6.07 Å². The standard InChI is InChI=1S/C22H17ClN4O3/c1-13-11-15(14(2)26(13)19-6-4-3-5-18(19)23)12-17-20(28)25-22(30)27(21(17)29)16-7-9-24-10-8-16/h3-12H,1-2H3,(H,25,28,30)/b17-12+. The molecule has 8 heteroatoms. The Kier molecular flexibility index (Phi) is 4.97. The number of hydrogen-bond donors (Lipinski definition) is 1. The molecule has 0 radical (unpaired) electrons. The Hall–Kier alpha value is -3.71. The fourth-order valence-corrected chi connectivity index (χ4v) is 3.70. The number of rotatable bonds is 3. The average molecular weight is 421 g/mol. The number of urea groups is 1. The molecule has 3 heterocycles. The Morgan fingerprint density at radius 1 is 1.03 bits per heavy atom. The number of amides is 4. The number of benzene rings is 1. The molecular weight excluding hydrogens is 404 g/mol. The third kappa shape index (κ3) is 3.29.